The standard InChI is InChI=1S/C50H50N3O.Pt/c1-48(2,3)37-26-35(25-36(27-37)42-28-34(23-24-51-42)31-15-11-10-12-16-31)39-22-21-33-20-19-32-17-13-14-18-43(32)53-45(33)44(39)52-47(53)40-29-38(49(4,5)6)30-41(46(40)54)50(7,8)9;/h10-18,21-24,26-30,54H,19-20H2,1-9H3;/q-1;. The second kappa shape index (κ2) is 14.1. The number of phenols is 1. The number of pyridine rings is 1. The summed E-state index contributed by atoms with van der Waals surface area (Å²) in [5.74, 6) is 1.05. The molecule has 4 nitrogen and oxygen atoms in total. The van der Waals surface area contributed by atoms with Gasteiger partial charge in [0.05, 0.1) is 22.3 Å². The van der Waals surface area contributed by atoms with Crippen LogP contribution in [0.5, 0.6) is 5.75 Å². The van der Waals surface area contributed by atoms with Gasteiger partial charge in [0.1, 0.15) is 11.6 Å². The molecule has 0 fully saturated rings. The van der Waals surface area contributed by atoms with Gasteiger partial charge in [-0.3, -0.25) is 9.55 Å². The van der Waals surface area contributed by atoms with E-state index in [0.29, 0.717) is 5.75 Å². The van der Waals surface area contributed by atoms with Crippen molar-refractivity contribution in [1.29, 1.82) is 0 Å². The van der Waals surface area contributed by atoms with Crippen molar-refractivity contribution in [2.45, 2.75) is 91.4 Å². The molecule has 0 bridgehead atoms. The number of rotatable bonds is 4. The predicted octanol–water partition coefficient (Wildman–Crippen LogP) is 12.6. The Morgan fingerprint density at radius 3 is 1.98 bits per heavy atom. The molecule has 282 valence electrons. The summed E-state index contributed by atoms with van der Waals surface area (Å²) in [5.41, 5.74) is 15.3. The van der Waals surface area contributed by atoms with E-state index in [1.807, 2.05) is 12.3 Å². The third-order valence-electron chi connectivity index (χ3n) is 11.0. The first-order valence-corrected chi connectivity index (χ1v) is 19.2. The van der Waals surface area contributed by atoms with Crippen LogP contribution in [0.15, 0.2) is 109 Å². The first-order chi connectivity index (χ1) is 25.6. The zero-order valence-corrected chi connectivity index (χ0v) is 35.7. The summed E-state index contributed by atoms with van der Waals surface area (Å²) >= 11 is 0. The fourth-order valence-electron chi connectivity index (χ4n) is 7.77. The van der Waals surface area contributed by atoms with Gasteiger partial charge in [-0.1, -0.05) is 146 Å². The van der Waals surface area contributed by atoms with Crippen LogP contribution in [0.1, 0.15) is 90.1 Å². The van der Waals surface area contributed by atoms with Gasteiger partial charge in [0, 0.05) is 38.5 Å². The summed E-state index contributed by atoms with van der Waals surface area (Å²) in [6.07, 6.45) is 3.71. The minimum absolute atomic E-state index is 0. The summed E-state index contributed by atoms with van der Waals surface area (Å²) in [6, 6.07) is 40.6. The summed E-state index contributed by atoms with van der Waals surface area (Å²) in [4.78, 5) is 10.5. The van der Waals surface area contributed by atoms with Gasteiger partial charge in [0.25, 0.3) is 0 Å². The van der Waals surface area contributed by atoms with Gasteiger partial charge in [-0.15, -0.1) is 29.3 Å². The van der Waals surface area contributed by atoms with Gasteiger partial charge >= 0.3 is 0 Å². The second-order valence-electron chi connectivity index (χ2n) is 18.0. The van der Waals surface area contributed by atoms with E-state index in [1.165, 1.54) is 22.3 Å². The molecule has 0 unspecified atom stereocenters. The van der Waals surface area contributed by atoms with E-state index in [4.69, 9.17) is 9.97 Å². The van der Waals surface area contributed by atoms with Crippen molar-refractivity contribution in [2.75, 3.05) is 0 Å². The number of benzene rings is 5. The monoisotopic (exact) mass is 903 g/mol. The van der Waals surface area contributed by atoms with Crippen LogP contribution in [0.4, 0.5) is 0 Å². The fraction of sp³-hybridized carbons (Fsp3) is 0.280. The Bertz CT molecular complexity index is 2560. The molecular formula is C50H50N3OPt-. The van der Waals surface area contributed by atoms with Crippen molar-refractivity contribution in [3.63, 3.8) is 0 Å². The van der Waals surface area contributed by atoms with Gasteiger partial charge in [-0.05, 0) is 75.1 Å². The van der Waals surface area contributed by atoms with Crippen LogP contribution < -0.4 is 0 Å². The number of aryl methyl sites for hydroxylation is 2. The van der Waals surface area contributed by atoms with Crippen LogP contribution in [-0.4, -0.2) is 19.6 Å². The first kappa shape index (κ1) is 38.5. The number of hydrogen-bond donors (Lipinski definition) is 1. The molecule has 0 atom stereocenters. The van der Waals surface area contributed by atoms with Crippen LogP contribution in [0.25, 0.3) is 61.6 Å². The Labute approximate surface area is 341 Å². The molecule has 0 amide bonds. The molecule has 1 aliphatic rings. The molecule has 8 rings (SSSR count). The topological polar surface area (TPSA) is 50.9 Å². The van der Waals surface area contributed by atoms with Crippen molar-refractivity contribution in [2.24, 2.45) is 0 Å². The van der Waals surface area contributed by atoms with Gasteiger partial charge in [0.2, 0.25) is 0 Å². The van der Waals surface area contributed by atoms with E-state index in [9.17, 15) is 5.11 Å². The van der Waals surface area contributed by atoms with Gasteiger partial charge in [0.15, 0.2) is 0 Å². The SMILES string of the molecule is CC(C)(C)c1cc(-c2cc(-c3ccccc3)ccn2)[c-]c(-c2ccc3c4c2nc(-c2cc(C(C)(C)C)cc(C(C)(C)C)c2O)n4-c2ccccc2CC3)c1.[Pt]. The van der Waals surface area contributed by atoms with E-state index in [-0.39, 0.29) is 37.3 Å². The Morgan fingerprint density at radius 2 is 1.27 bits per heavy atom. The fourth-order valence-corrected chi connectivity index (χ4v) is 7.77. The molecular weight excluding hydrogens is 854 g/mol. The van der Waals surface area contributed by atoms with E-state index >= 15 is 0 Å². The summed E-state index contributed by atoms with van der Waals surface area (Å²) in [6.45, 7) is 20.0. The zero-order valence-electron chi connectivity index (χ0n) is 33.4. The van der Waals surface area contributed by atoms with Crippen LogP contribution >= 0.6 is 0 Å². The molecule has 5 heteroatoms. The molecule has 7 aromatic rings. The third kappa shape index (κ3) is 7.11. The van der Waals surface area contributed by atoms with Gasteiger partial charge in [-0.25, -0.2) is 4.98 Å². The van der Waals surface area contributed by atoms with Crippen molar-refractivity contribution >= 4 is 11.0 Å². The molecule has 0 aliphatic carbocycles. The predicted molar refractivity (Wildman–Crippen MR) is 225 cm³/mol. The molecule has 3 heterocycles. The van der Waals surface area contributed by atoms with E-state index in [2.05, 4.69) is 170 Å². The molecule has 0 saturated heterocycles. The molecule has 55 heavy (non-hydrogen) atoms. The van der Waals surface area contributed by atoms with E-state index < -0.39 is 0 Å². The summed E-state index contributed by atoms with van der Waals surface area (Å²) in [7, 11) is 0. The Kier molecular flexibility index (Phi) is 9.83. The zero-order chi connectivity index (χ0) is 38.2. The van der Waals surface area contributed by atoms with Crippen LogP contribution in [0, 0.1) is 6.07 Å². The number of phenolic OH excluding ortho intramolecular Hbond substituents is 1. The minimum Gasteiger partial charge on any atom is -0.507 e. The largest absolute Gasteiger partial charge is 0.507 e. The van der Waals surface area contributed by atoms with Crippen molar-refractivity contribution in [1.82, 2.24) is 14.5 Å². The molecule has 0 radical (unpaired) electrons. The Hall–Kier alpha value is -4.79. The Balaban J connectivity index is 0.00000465. The maximum atomic E-state index is 12.2. The quantitative estimate of drug-likeness (QED) is 0.179. The first-order valence-electron chi connectivity index (χ1n) is 19.2. The number of imidazole rings is 1. The normalized spacial score (nSPS) is 13.0. The second-order valence-corrected chi connectivity index (χ2v) is 18.0. The molecule has 2 aromatic heterocycles. The van der Waals surface area contributed by atoms with Gasteiger partial charge in [-0.2, -0.15) is 0 Å². The van der Waals surface area contributed by atoms with Crippen LogP contribution in [0.2, 0.25) is 0 Å². The maximum absolute atomic E-state index is 12.2. The number of fused-ring (bicyclic) bond motifs is 2. The minimum atomic E-state index is -0.274. The maximum Gasteiger partial charge on any atom is 0.148 e. The van der Waals surface area contributed by atoms with E-state index in [1.54, 1.807) is 0 Å². The molecule has 1 aliphatic heterocycles. The molecule has 0 saturated carbocycles. The number of para-hydroxylation sites is 1. The van der Waals surface area contributed by atoms with Gasteiger partial charge < -0.3 is 5.11 Å². The summed E-state index contributed by atoms with van der Waals surface area (Å²) in [5, 5.41) is 12.2. The average molecular weight is 904 g/mol. The van der Waals surface area contributed by atoms with Crippen molar-refractivity contribution in [3.05, 3.63) is 143 Å². The van der Waals surface area contributed by atoms with Crippen molar-refractivity contribution < 1.29 is 26.2 Å². The molecule has 1 N–H and O–H groups in total. The molecule has 0 spiro atoms. The third-order valence-corrected chi connectivity index (χ3v) is 11.0. The number of hydrogen-bond acceptors (Lipinski definition) is 3. The summed E-state index contributed by atoms with van der Waals surface area (Å²) < 4.78 is 2.32. The number of nitrogens with zero attached hydrogens (tertiary/aromatic N) is 3. The van der Waals surface area contributed by atoms with E-state index in [0.717, 1.165) is 80.0 Å². The number of aromatic hydroxyl groups is 1. The van der Waals surface area contributed by atoms with Crippen LogP contribution in [-0.2, 0) is 50.2 Å². The average Bonchev–Trinajstić information content (AvgIpc) is 3.45. The Morgan fingerprint density at radius 1 is 0.618 bits per heavy atom. The number of aromatic nitrogens is 3. The van der Waals surface area contributed by atoms with Crippen LogP contribution in [0.3, 0.4) is 0 Å². The van der Waals surface area contributed by atoms with Crippen molar-refractivity contribution in [3.8, 4) is 56.3 Å². The molecule has 5 aromatic carbocycles. The smallest absolute Gasteiger partial charge is 0.148 e.